The molecule has 1 aromatic heterocycles. The van der Waals surface area contributed by atoms with E-state index in [-0.39, 0.29) is 0 Å². The van der Waals surface area contributed by atoms with Crippen LogP contribution in [0.4, 0.5) is 0 Å². The van der Waals surface area contributed by atoms with Crippen molar-refractivity contribution in [1.82, 2.24) is 0 Å². The van der Waals surface area contributed by atoms with Crippen molar-refractivity contribution in [3.8, 4) is 5.75 Å². The van der Waals surface area contributed by atoms with Gasteiger partial charge in [0.05, 0.1) is 17.8 Å². The highest BCUT2D eigenvalue weighted by molar-refractivity contribution is 9.10. The summed E-state index contributed by atoms with van der Waals surface area (Å²) >= 11 is 3.33. The monoisotopic (exact) mass is 296 g/mol. The highest BCUT2D eigenvalue weighted by atomic mass is 79.9. The number of hydrogen-bond donors (Lipinski definition) is 1. The first-order chi connectivity index (χ1) is 8.20. The Kier molecular flexibility index (Phi) is 3.86. The molecule has 3 nitrogen and oxygen atoms in total. The number of methoxy groups -OCH3 is 1. The first kappa shape index (κ1) is 12.2. The second-order valence-corrected chi connectivity index (χ2v) is 4.56. The van der Waals surface area contributed by atoms with Crippen molar-refractivity contribution in [3.63, 3.8) is 0 Å². The summed E-state index contributed by atoms with van der Waals surface area (Å²) in [6.45, 7) is 0. The van der Waals surface area contributed by atoms with Gasteiger partial charge in [0.15, 0.2) is 0 Å². The van der Waals surface area contributed by atoms with Crippen molar-refractivity contribution in [2.45, 2.75) is 12.5 Å². The van der Waals surface area contributed by atoms with Crippen LogP contribution in [0.25, 0.3) is 0 Å². The number of rotatable bonds is 4. The van der Waals surface area contributed by atoms with Crippen LogP contribution in [0.15, 0.2) is 45.5 Å². The molecule has 4 heteroatoms. The summed E-state index contributed by atoms with van der Waals surface area (Å²) in [7, 11) is 1.62. The van der Waals surface area contributed by atoms with Crippen molar-refractivity contribution in [2.24, 2.45) is 0 Å². The molecule has 0 fully saturated rings. The number of halogens is 1. The summed E-state index contributed by atoms with van der Waals surface area (Å²) in [6, 6.07) is 9.39. The first-order valence-corrected chi connectivity index (χ1v) is 6.04. The lowest BCUT2D eigenvalue weighted by Crippen LogP contribution is -2.01. The Morgan fingerprint density at radius 1 is 1.41 bits per heavy atom. The lowest BCUT2D eigenvalue weighted by Gasteiger charge is -2.09. The van der Waals surface area contributed by atoms with Gasteiger partial charge in [0.25, 0.3) is 0 Å². The fraction of sp³-hybridized carbons (Fsp3) is 0.231. The third-order valence-corrected chi connectivity index (χ3v) is 3.17. The van der Waals surface area contributed by atoms with Gasteiger partial charge in [-0.1, -0.05) is 12.1 Å². The third kappa shape index (κ3) is 2.90. The van der Waals surface area contributed by atoms with E-state index in [0.717, 1.165) is 15.8 Å². The van der Waals surface area contributed by atoms with Crippen LogP contribution in [-0.4, -0.2) is 12.2 Å². The van der Waals surface area contributed by atoms with Crippen molar-refractivity contribution in [2.75, 3.05) is 7.11 Å². The molecule has 0 aliphatic carbocycles. The first-order valence-electron chi connectivity index (χ1n) is 5.24. The minimum absolute atomic E-state index is 0.489. The Morgan fingerprint density at radius 3 is 2.88 bits per heavy atom. The lowest BCUT2D eigenvalue weighted by atomic mass is 10.1. The normalized spacial score (nSPS) is 12.4. The molecule has 1 aromatic carbocycles. The van der Waals surface area contributed by atoms with Crippen LogP contribution < -0.4 is 4.74 Å². The molecule has 17 heavy (non-hydrogen) atoms. The number of hydrogen-bond acceptors (Lipinski definition) is 3. The second kappa shape index (κ2) is 5.38. The molecule has 0 aliphatic rings. The van der Waals surface area contributed by atoms with Crippen molar-refractivity contribution in [3.05, 3.63) is 52.4 Å². The quantitative estimate of drug-likeness (QED) is 0.941. The SMILES string of the molecule is COc1cccc(CC(O)c2occc2Br)c1. The predicted molar refractivity (Wildman–Crippen MR) is 68.1 cm³/mol. The molecule has 2 aromatic rings. The van der Waals surface area contributed by atoms with Crippen LogP contribution in [0.1, 0.15) is 17.4 Å². The molecule has 1 N–H and O–H groups in total. The summed E-state index contributed by atoms with van der Waals surface area (Å²) in [6.07, 6.45) is 1.38. The fourth-order valence-electron chi connectivity index (χ4n) is 1.66. The Bertz CT molecular complexity index is 493. The van der Waals surface area contributed by atoms with E-state index >= 15 is 0 Å². The summed E-state index contributed by atoms with van der Waals surface area (Å²) in [5.41, 5.74) is 1.00. The molecule has 0 bridgehead atoms. The lowest BCUT2D eigenvalue weighted by molar-refractivity contribution is 0.149. The minimum atomic E-state index is -0.661. The molecule has 1 atom stereocenters. The highest BCUT2D eigenvalue weighted by Gasteiger charge is 2.15. The highest BCUT2D eigenvalue weighted by Crippen LogP contribution is 2.27. The average molecular weight is 297 g/mol. The average Bonchev–Trinajstić information content (AvgIpc) is 2.76. The van der Waals surface area contributed by atoms with Crippen LogP contribution in [0.5, 0.6) is 5.75 Å². The Balaban J connectivity index is 2.13. The zero-order chi connectivity index (χ0) is 12.3. The molecule has 0 amide bonds. The smallest absolute Gasteiger partial charge is 0.146 e. The van der Waals surface area contributed by atoms with Gasteiger partial charge >= 0.3 is 0 Å². The molecule has 0 aliphatic heterocycles. The standard InChI is InChI=1S/C13H13BrO3/c1-16-10-4-2-3-9(7-10)8-12(15)13-11(14)5-6-17-13/h2-7,12,15H,8H2,1H3. The molecular formula is C13H13BrO3. The molecule has 0 saturated carbocycles. The van der Waals surface area contributed by atoms with Crippen LogP contribution in [0.3, 0.4) is 0 Å². The van der Waals surface area contributed by atoms with Crippen LogP contribution in [0, 0.1) is 0 Å². The zero-order valence-corrected chi connectivity index (χ0v) is 11.0. The van der Waals surface area contributed by atoms with E-state index in [1.54, 1.807) is 19.4 Å². The predicted octanol–water partition coefficient (Wildman–Crippen LogP) is 3.33. The third-order valence-electron chi connectivity index (χ3n) is 2.51. The van der Waals surface area contributed by atoms with Gasteiger partial charge in [-0.15, -0.1) is 0 Å². The largest absolute Gasteiger partial charge is 0.497 e. The van der Waals surface area contributed by atoms with Crippen LogP contribution in [0.2, 0.25) is 0 Å². The molecule has 0 radical (unpaired) electrons. The number of benzene rings is 1. The zero-order valence-electron chi connectivity index (χ0n) is 9.39. The Hall–Kier alpha value is -1.26. The van der Waals surface area contributed by atoms with E-state index in [4.69, 9.17) is 9.15 Å². The number of aliphatic hydroxyl groups is 1. The molecule has 2 rings (SSSR count). The maximum atomic E-state index is 10.0. The molecule has 0 spiro atoms. The topological polar surface area (TPSA) is 42.6 Å². The summed E-state index contributed by atoms with van der Waals surface area (Å²) in [5.74, 6) is 1.33. The molecular weight excluding hydrogens is 284 g/mol. The minimum Gasteiger partial charge on any atom is -0.497 e. The van der Waals surface area contributed by atoms with Gasteiger partial charge in [-0.25, -0.2) is 0 Å². The van der Waals surface area contributed by atoms with Gasteiger partial charge in [0, 0.05) is 6.42 Å². The van der Waals surface area contributed by atoms with E-state index in [1.165, 1.54) is 0 Å². The van der Waals surface area contributed by atoms with Gasteiger partial charge < -0.3 is 14.3 Å². The maximum absolute atomic E-state index is 10.0. The molecule has 1 heterocycles. The Morgan fingerprint density at radius 2 is 2.24 bits per heavy atom. The summed E-state index contributed by atoms with van der Waals surface area (Å²) in [5, 5.41) is 10.0. The second-order valence-electron chi connectivity index (χ2n) is 3.70. The molecule has 0 saturated heterocycles. The van der Waals surface area contributed by atoms with Gasteiger partial charge in [0.1, 0.15) is 17.6 Å². The number of furan rings is 1. The Labute approximate surface area is 108 Å². The maximum Gasteiger partial charge on any atom is 0.146 e. The summed E-state index contributed by atoms with van der Waals surface area (Å²) < 4.78 is 11.1. The van der Waals surface area contributed by atoms with Gasteiger partial charge in [-0.05, 0) is 39.7 Å². The van der Waals surface area contributed by atoms with Gasteiger partial charge in [-0.2, -0.15) is 0 Å². The van der Waals surface area contributed by atoms with E-state index in [9.17, 15) is 5.11 Å². The van der Waals surface area contributed by atoms with Crippen molar-refractivity contribution >= 4 is 15.9 Å². The van der Waals surface area contributed by atoms with Gasteiger partial charge in [0.2, 0.25) is 0 Å². The molecule has 1 unspecified atom stereocenters. The number of aliphatic hydroxyl groups excluding tert-OH is 1. The van der Waals surface area contributed by atoms with E-state index < -0.39 is 6.10 Å². The van der Waals surface area contributed by atoms with E-state index in [0.29, 0.717) is 12.2 Å². The summed E-state index contributed by atoms with van der Waals surface area (Å²) in [4.78, 5) is 0. The van der Waals surface area contributed by atoms with Crippen molar-refractivity contribution in [1.29, 1.82) is 0 Å². The van der Waals surface area contributed by atoms with Crippen molar-refractivity contribution < 1.29 is 14.3 Å². The molecule has 90 valence electrons. The number of ether oxygens (including phenoxy) is 1. The van der Waals surface area contributed by atoms with Gasteiger partial charge in [-0.3, -0.25) is 0 Å². The van der Waals surface area contributed by atoms with E-state index in [1.807, 2.05) is 24.3 Å². The fourth-order valence-corrected chi connectivity index (χ4v) is 2.12. The van der Waals surface area contributed by atoms with Crippen LogP contribution in [-0.2, 0) is 6.42 Å². The van der Waals surface area contributed by atoms with E-state index in [2.05, 4.69) is 15.9 Å². The van der Waals surface area contributed by atoms with Crippen LogP contribution >= 0.6 is 15.9 Å².